The van der Waals surface area contributed by atoms with Crippen LogP contribution < -0.4 is 11.1 Å². The van der Waals surface area contributed by atoms with Crippen molar-refractivity contribution in [3.05, 3.63) is 28.2 Å². The van der Waals surface area contributed by atoms with Gasteiger partial charge in [-0.05, 0) is 40.5 Å². The Bertz CT molecular complexity index is 382. The number of nitrogens with one attached hydrogen (secondary N) is 1. The standard InChI is InChI=1S/C11H15BrN2O2/c1-2-8(15)6-14-11(16)9-5-7(13)3-4-10(9)12/h3-5,8,15H,2,6,13H2,1H3,(H,14,16). The van der Waals surface area contributed by atoms with Gasteiger partial charge in [0.25, 0.3) is 5.91 Å². The van der Waals surface area contributed by atoms with E-state index in [4.69, 9.17) is 5.73 Å². The molecule has 0 aliphatic carbocycles. The Labute approximate surface area is 103 Å². The average Bonchev–Trinajstić information content (AvgIpc) is 2.28. The van der Waals surface area contributed by atoms with Crippen molar-refractivity contribution in [2.75, 3.05) is 12.3 Å². The Kier molecular flexibility index (Phi) is 4.76. The number of amides is 1. The molecule has 0 spiro atoms. The minimum Gasteiger partial charge on any atom is -0.399 e. The highest BCUT2D eigenvalue weighted by molar-refractivity contribution is 9.10. The molecule has 88 valence electrons. The molecule has 4 N–H and O–H groups in total. The molecule has 16 heavy (non-hydrogen) atoms. The fourth-order valence-electron chi connectivity index (χ4n) is 1.17. The second kappa shape index (κ2) is 5.86. The number of hydrogen-bond acceptors (Lipinski definition) is 3. The van der Waals surface area contributed by atoms with E-state index in [1.807, 2.05) is 6.92 Å². The van der Waals surface area contributed by atoms with Gasteiger partial charge >= 0.3 is 0 Å². The summed E-state index contributed by atoms with van der Waals surface area (Å²) in [6.07, 6.45) is 0.0991. The molecule has 0 aliphatic rings. The monoisotopic (exact) mass is 286 g/mol. The van der Waals surface area contributed by atoms with Crippen molar-refractivity contribution in [2.24, 2.45) is 0 Å². The first kappa shape index (κ1) is 13.0. The number of hydrogen-bond donors (Lipinski definition) is 3. The molecule has 4 nitrogen and oxygen atoms in total. The van der Waals surface area contributed by atoms with E-state index in [1.165, 1.54) is 0 Å². The van der Waals surface area contributed by atoms with Crippen molar-refractivity contribution in [1.82, 2.24) is 5.32 Å². The maximum Gasteiger partial charge on any atom is 0.252 e. The zero-order valence-electron chi connectivity index (χ0n) is 9.03. The number of carbonyl (C=O) groups excluding carboxylic acids is 1. The van der Waals surface area contributed by atoms with Crippen molar-refractivity contribution in [3.8, 4) is 0 Å². The third kappa shape index (κ3) is 3.50. The number of aliphatic hydroxyl groups excluding tert-OH is 1. The lowest BCUT2D eigenvalue weighted by atomic mass is 10.2. The average molecular weight is 287 g/mol. The van der Waals surface area contributed by atoms with Gasteiger partial charge < -0.3 is 16.2 Å². The number of carbonyl (C=O) groups is 1. The fourth-order valence-corrected chi connectivity index (χ4v) is 1.59. The summed E-state index contributed by atoms with van der Waals surface area (Å²) >= 11 is 3.28. The molecule has 0 fully saturated rings. The molecule has 1 atom stereocenters. The van der Waals surface area contributed by atoms with Crippen LogP contribution in [0.2, 0.25) is 0 Å². The van der Waals surface area contributed by atoms with Crippen LogP contribution in [0.4, 0.5) is 5.69 Å². The van der Waals surface area contributed by atoms with Crippen LogP contribution in [-0.2, 0) is 0 Å². The second-order valence-corrected chi connectivity index (χ2v) is 4.37. The molecule has 0 radical (unpaired) electrons. The van der Waals surface area contributed by atoms with Gasteiger partial charge in [-0.2, -0.15) is 0 Å². The summed E-state index contributed by atoms with van der Waals surface area (Å²) in [5.41, 5.74) is 6.60. The van der Waals surface area contributed by atoms with E-state index in [2.05, 4.69) is 21.2 Å². The molecule has 5 heteroatoms. The Hall–Kier alpha value is -1.07. The van der Waals surface area contributed by atoms with Gasteiger partial charge in [0.1, 0.15) is 0 Å². The quantitative estimate of drug-likeness (QED) is 0.735. The van der Waals surface area contributed by atoms with Crippen LogP contribution in [0.5, 0.6) is 0 Å². The molecule has 0 saturated heterocycles. The topological polar surface area (TPSA) is 75.3 Å². The first-order chi connectivity index (χ1) is 7.54. The highest BCUT2D eigenvalue weighted by Gasteiger charge is 2.11. The summed E-state index contributed by atoms with van der Waals surface area (Å²) in [5.74, 6) is -0.244. The summed E-state index contributed by atoms with van der Waals surface area (Å²) in [6, 6.07) is 5.03. The molecule has 1 aromatic rings. The number of nitrogen functional groups attached to an aromatic ring is 1. The van der Waals surface area contributed by atoms with E-state index in [9.17, 15) is 9.90 Å². The van der Waals surface area contributed by atoms with Crippen LogP contribution in [0.3, 0.4) is 0 Å². The lowest BCUT2D eigenvalue weighted by molar-refractivity contribution is 0.0913. The Morgan fingerprint density at radius 2 is 2.31 bits per heavy atom. The molecular formula is C11H15BrN2O2. The minimum atomic E-state index is -0.510. The molecule has 0 heterocycles. The summed E-state index contributed by atoms with van der Waals surface area (Å²) < 4.78 is 0.685. The zero-order valence-corrected chi connectivity index (χ0v) is 10.6. The number of benzene rings is 1. The Morgan fingerprint density at radius 3 is 2.94 bits per heavy atom. The second-order valence-electron chi connectivity index (χ2n) is 3.51. The molecule has 0 aliphatic heterocycles. The number of nitrogens with two attached hydrogens (primary N) is 1. The van der Waals surface area contributed by atoms with Crippen LogP contribution in [0, 0.1) is 0 Å². The van der Waals surface area contributed by atoms with Crippen molar-refractivity contribution in [2.45, 2.75) is 19.4 Å². The summed E-state index contributed by atoms with van der Waals surface area (Å²) in [5, 5.41) is 12.0. The zero-order chi connectivity index (χ0) is 12.1. The Balaban J connectivity index is 2.69. The number of rotatable bonds is 4. The number of aliphatic hydroxyl groups is 1. The molecule has 0 aromatic heterocycles. The van der Waals surface area contributed by atoms with E-state index in [0.29, 0.717) is 22.1 Å². The Morgan fingerprint density at radius 1 is 1.62 bits per heavy atom. The van der Waals surface area contributed by atoms with Crippen molar-refractivity contribution >= 4 is 27.5 Å². The highest BCUT2D eigenvalue weighted by Crippen LogP contribution is 2.19. The van der Waals surface area contributed by atoms with Crippen molar-refractivity contribution in [1.29, 1.82) is 0 Å². The van der Waals surface area contributed by atoms with Gasteiger partial charge in [-0.15, -0.1) is 0 Å². The molecular weight excluding hydrogens is 272 g/mol. The molecule has 1 amide bonds. The van der Waals surface area contributed by atoms with Crippen molar-refractivity contribution < 1.29 is 9.90 Å². The van der Waals surface area contributed by atoms with Crippen molar-refractivity contribution in [3.63, 3.8) is 0 Å². The maximum atomic E-state index is 11.7. The van der Waals surface area contributed by atoms with E-state index < -0.39 is 6.10 Å². The van der Waals surface area contributed by atoms with E-state index in [1.54, 1.807) is 18.2 Å². The third-order valence-electron chi connectivity index (χ3n) is 2.20. The van der Waals surface area contributed by atoms with Gasteiger partial charge in [-0.3, -0.25) is 4.79 Å². The van der Waals surface area contributed by atoms with Gasteiger partial charge in [0.15, 0.2) is 0 Å². The molecule has 1 unspecified atom stereocenters. The van der Waals surface area contributed by atoms with Crippen LogP contribution in [0.15, 0.2) is 22.7 Å². The smallest absolute Gasteiger partial charge is 0.252 e. The van der Waals surface area contributed by atoms with Crippen LogP contribution in [0.1, 0.15) is 23.7 Å². The molecule has 1 rings (SSSR count). The van der Waals surface area contributed by atoms with E-state index in [0.717, 1.165) is 0 Å². The van der Waals surface area contributed by atoms with Crippen LogP contribution in [-0.4, -0.2) is 23.7 Å². The lowest BCUT2D eigenvalue weighted by Crippen LogP contribution is -2.31. The first-order valence-electron chi connectivity index (χ1n) is 5.06. The summed E-state index contributed by atoms with van der Waals surface area (Å²) in [4.78, 5) is 11.7. The molecule has 0 saturated carbocycles. The number of halogens is 1. The van der Waals surface area contributed by atoms with Crippen LogP contribution >= 0.6 is 15.9 Å². The summed E-state index contributed by atoms with van der Waals surface area (Å²) in [7, 11) is 0. The van der Waals surface area contributed by atoms with E-state index in [-0.39, 0.29) is 12.5 Å². The van der Waals surface area contributed by atoms with Gasteiger partial charge in [0.05, 0.1) is 11.7 Å². The predicted molar refractivity (Wildman–Crippen MR) is 67.2 cm³/mol. The predicted octanol–water partition coefficient (Wildman–Crippen LogP) is 1.53. The molecule has 0 bridgehead atoms. The summed E-state index contributed by atoms with van der Waals surface area (Å²) in [6.45, 7) is 2.10. The fraction of sp³-hybridized carbons (Fsp3) is 0.364. The first-order valence-corrected chi connectivity index (χ1v) is 5.85. The van der Waals surface area contributed by atoms with Gasteiger partial charge in [-0.1, -0.05) is 6.92 Å². The SMILES string of the molecule is CCC(O)CNC(=O)c1cc(N)ccc1Br. The van der Waals surface area contributed by atoms with E-state index >= 15 is 0 Å². The van der Waals surface area contributed by atoms with Gasteiger partial charge in [0.2, 0.25) is 0 Å². The maximum absolute atomic E-state index is 11.7. The molecule has 1 aromatic carbocycles. The minimum absolute atomic E-state index is 0.244. The van der Waals surface area contributed by atoms with Gasteiger partial charge in [-0.25, -0.2) is 0 Å². The number of anilines is 1. The van der Waals surface area contributed by atoms with Crippen LogP contribution in [0.25, 0.3) is 0 Å². The lowest BCUT2D eigenvalue weighted by Gasteiger charge is -2.10. The van der Waals surface area contributed by atoms with Gasteiger partial charge in [0, 0.05) is 16.7 Å². The largest absolute Gasteiger partial charge is 0.399 e. The normalized spacial score (nSPS) is 12.2. The highest BCUT2D eigenvalue weighted by atomic mass is 79.9. The third-order valence-corrected chi connectivity index (χ3v) is 2.90.